The lowest BCUT2D eigenvalue weighted by Gasteiger charge is -2.29. The van der Waals surface area contributed by atoms with Crippen molar-refractivity contribution in [2.24, 2.45) is 5.10 Å². The SMILES string of the molecule is Cc1ccc(Cn2nc(C)c(/C=N\N3C(=O)NC4(CCCCC4)C3=O)c2C)cc1. The highest BCUT2D eigenvalue weighted by Gasteiger charge is 2.51. The van der Waals surface area contributed by atoms with E-state index in [0.717, 1.165) is 46.8 Å². The normalized spacial score (nSPS) is 18.8. The molecule has 4 rings (SSSR count). The number of aryl methyl sites for hydroxylation is 2. The second-order valence-corrected chi connectivity index (χ2v) is 8.16. The third-order valence-corrected chi connectivity index (χ3v) is 6.04. The lowest BCUT2D eigenvalue weighted by Crippen LogP contribution is -2.48. The first-order valence-corrected chi connectivity index (χ1v) is 10.2. The fourth-order valence-corrected chi connectivity index (χ4v) is 4.24. The van der Waals surface area contributed by atoms with Crippen LogP contribution in [0.2, 0.25) is 0 Å². The van der Waals surface area contributed by atoms with Crippen LogP contribution in [0.25, 0.3) is 0 Å². The van der Waals surface area contributed by atoms with Gasteiger partial charge >= 0.3 is 6.03 Å². The molecule has 7 heteroatoms. The van der Waals surface area contributed by atoms with E-state index < -0.39 is 11.6 Å². The molecule has 1 aromatic carbocycles. The van der Waals surface area contributed by atoms with Gasteiger partial charge in [-0.25, -0.2) is 4.79 Å². The van der Waals surface area contributed by atoms with Crippen molar-refractivity contribution in [1.82, 2.24) is 20.1 Å². The summed E-state index contributed by atoms with van der Waals surface area (Å²) in [5, 5.41) is 12.7. The number of benzene rings is 1. The zero-order valence-electron chi connectivity index (χ0n) is 17.2. The number of nitrogens with one attached hydrogen (secondary N) is 1. The molecule has 29 heavy (non-hydrogen) atoms. The molecule has 3 amide bonds. The van der Waals surface area contributed by atoms with Gasteiger partial charge in [0.15, 0.2) is 0 Å². The Bertz CT molecular complexity index is 968. The summed E-state index contributed by atoms with van der Waals surface area (Å²) in [5.74, 6) is -0.235. The molecule has 0 atom stereocenters. The first kappa shape index (κ1) is 19.4. The van der Waals surface area contributed by atoms with Crippen molar-refractivity contribution < 1.29 is 9.59 Å². The number of imide groups is 1. The number of hydrogen-bond donors (Lipinski definition) is 1. The van der Waals surface area contributed by atoms with Crippen LogP contribution in [-0.2, 0) is 11.3 Å². The van der Waals surface area contributed by atoms with Crippen molar-refractivity contribution in [1.29, 1.82) is 0 Å². The summed E-state index contributed by atoms with van der Waals surface area (Å²) in [6.45, 7) is 6.61. The maximum atomic E-state index is 12.9. The number of aromatic nitrogens is 2. The molecule has 2 heterocycles. The lowest BCUT2D eigenvalue weighted by molar-refractivity contribution is -0.132. The summed E-state index contributed by atoms with van der Waals surface area (Å²) in [6, 6.07) is 7.92. The minimum Gasteiger partial charge on any atom is -0.321 e. The highest BCUT2D eigenvalue weighted by Crippen LogP contribution is 2.33. The molecule has 0 unspecified atom stereocenters. The number of urea groups is 1. The van der Waals surface area contributed by atoms with E-state index in [2.05, 4.69) is 46.7 Å². The number of hydrazone groups is 1. The van der Waals surface area contributed by atoms with E-state index in [1.165, 1.54) is 5.56 Å². The molecule has 1 aliphatic carbocycles. The predicted octanol–water partition coefficient (Wildman–Crippen LogP) is 3.45. The summed E-state index contributed by atoms with van der Waals surface area (Å²) in [5.41, 5.74) is 4.23. The molecule has 1 saturated carbocycles. The zero-order chi connectivity index (χ0) is 20.6. The van der Waals surface area contributed by atoms with Crippen LogP contribution < -0.4 is 5.32 Å². The quantitative estimate of drug-likeness (QED) is 0.638. The van der Waals surface area contributed by atoms with Crippen LogP contribution in [0, 0.1) is 20.8 Å². The first-order valence-electron chi connectivity index (χ1n) is 10.2. The van der Waals surface area contributed by atoms with Gasteiger partial charge in [-0.3, -0.25) is 9.48 Å². The molecular formula is C22H27N5O2. The molecule has 2 aliphatic rings. The average Bonchev–Trinajstić information content (AvgIpc) is 3.09. The minimum atomic E-state index is -0.758. The van der Waals surface area contributed by atoms with Gasteiger partial charge in [0.1, 0.15) is 5.54 Å². The average molecular weight is 393 g/mol. The first-order chi connectivity index (χ1) is 13.9. The number of hydrogen-bond acceptors (Lipinski definition) is 4. The highest BCUT2D eigenvalue weighted by molar-refractivity contribution is 6.07. The summed E-state index contributed by atoms with van der Waals surface area (Å²) in [7, 11) is 0. The van der Waals surface area contributed by atoms with E-state index in [4.69, 9.17) is 0 Å². The monoisotopic (exact) mass is 393 g/mol. The third kappa shape index (κ3) is 3.57. The Kier molecular flexibility index (Phi) is 4.98. The highest BCUT2D eigenvalue weighted by atomic mass is 16.2. The smallest absolute Gasteiger partial charge is 0.321 e. The Morgan fingerprint density at radius 2 is 1.79 bits per heavy atom. The molecule has 0 radical (unpaired) electrons. The molecule has 7 nitrogen and oxygen atoms in total. The summed E-state index contributed by atoms with van der Waals surface area (Å²) < 4.78 is 1.93. The van der Waals surface area contributed by atoms with Crippen molar-refractivity contribution in [3.63, 3.8) is 0 Å². The molecule has 1 N–H and O–H groups in total. The Balaban J connectivity index is 1.54. The van der Waals surface area contributed by atoms with E-state index in [1.54, 1.807) is 6.21 Å². The molecule has 0 bridgehead atoms. The zero-order valence-corrected chi connectivity index (χ0v) is 17.2. The Hall–Kier alpha value is -2.96. The van der Waals surface area contributed by atoms with E-state index >= 15 is 0 Å². The molecule has 2 fully saturated rings. The van der Waals surface area contributed by atoms with Gasteiger partial charge in [0.25, 0.3) is 5.91 Å². The van der Waals surface area contributed by atoms with Gasteiger partial charge in [-0.2, -0.15) is 10.2 Å². The Labute approximate surface area is 170 Å². The van der Waals surface area contributed by atoms with E-state index in [-0.39, 0.29) is 5.91 Å². The maximum Gasteiger partial charge on any atom is 0.346 e. The van der Waals surface area contributed by atoms with Gasteiger partial charge < -0.3 is 5.32 Å². The largest absolute Gasteiger partial charge is 0.346 e. The van der Waals surface area contributed by atoms with Gasteiger partial charge in [-0.05, 0) is 39.2 Å². The fourth-order valence-electron chi connectivity index (χ4n) is 4.24. The number of carbonyl (C=O) groups excluding carboxylic acids is 2. The van der Waals surface area contributed by atoms with Crippen molar-refractivity contribution in [3.05, 3.63) is 52.3 Å². The Morgan fingerprint density at radius 1 is 1.10 bits per heavy atom. The van der Waals surface area contributed by atoms with Crippen LogP contribution in [0.15, 0.2) is 29.4 Å². The Morgan fingerprint density at radius 3 is 2.48 bits per heavy atom. The van der Waals surface area contributed by atoms with Crippen molar-refractivity contribution >= 4 is 18.2 Å². The summed E-state index contributed by atoms with van der Waals surface area (Å²) >= 11 is 0. The molecule has 1 aromatic heterocycles. The van der Waals surface area contributed by atoms with Crippen LogP contribution in [-0.4, -0.2) is 38.5 Å². The van der Waals surface area contributed by atoms with E-state index in [0.29, 0.717) is 19.4 Å². The number of rotatable bonds is 4. The summed E-state index contributed by atoms with van der Waals surface area (Å²) in [4.78, 5) is 25.2. The second-order valence-electron chi connectivity index (χ2n) is 8.16. The standard InChI is InChI=1S/C22H27N5O2/c1-15-7-9-18(10-8-15)14-26-17(3)19(16(2)25-26)13-23-27-20(28)22(24-21(27)29)11-5-4-6-12-22/h7-10,13H,4-6,11-12,14H2,1-3H3,(H,24,29)/b23-13-. The second kappa shape index (κ2) is 7.46. The van der Waals surface area contributed by atoms with Crippen LogP contribution in [0.3, 0.4) is 0 Å². The fraction of sp³-hybridized carbons (Fsp3) is 0.455. The van der Waals surface area contributed by atoms with Crippen molar-refractivity contribution in [3.8, 4) is 0 Å². The predicted molar refractivity (Wildman–Crippen MR) is 111 cm³/mol. The number of carbonyl (C=O) groups is 2. The topological polar surface area (TPSA) is 79.6 Å². The van der Waals surface area contributed by atoms with Gasteiger partial charge in [-0.15, -0.1) is 5.01 Å². The van der Waals surface area contributed by atoms with Gasteiger partial charge in [-0.1, -0.05) is 49.1 Å². The summed E-state index contributed by atoms with van der Waals surface area (Å²) in [6.07, 6.45) is 5.97. The van der Waals surface area contributed by atoms with Gasteiger partial charge in [0, 0.05) is 11.3 Å². The van der Waals surface area contributed by atoms with E-state index in [9.17, 15) is 9.59 Å². The van der Waals surface area contributed by atoms with Crippen LogP contribution in [0.5, 0.6) is 0 Å². The van der Waals surface area contributed by atoms with E-state index in [1.807, 2.05) is 18.5 Å². The van der Waals surface area contributed by atoms with Gasteiger partial charge in [0.05, 0.1) is 18.5 Å². The number of amides is 3. The van der Waals surface area contributed by atoms with Crippen LogP contribution >= 0.6 is 0 Å². The van der Waals surface area contributed by atoms with Crippen molar-refractivity contribution in [2.75, 3.05) is 0 Å². The van der Waals surface area contributed by atoms with Gasteiger partial charge in [0.2, 0.25) is 0 Å². The lowest BCUT2D eigenvalue weighted by atomic mass is 9.82. The van der Waals surface area contributed by atoms with Crippen LogP contribution in [0.1, 0.15) is 60.2 Å². The molecular weight excluding hydrogens is 366 g/mol. The molecule has 152 valence electrons. The van der Waals surface area contributed by atoms with Crippen LogP contribution in [0.4, 0.5) is 4.79 Å². The third-order valence-electron chi connectivity index (χ3n) is 6.04. The minimum absolute atomic E-state index is 0.235. The molecule has 1 spiro atoms. The molecule has 1 saturated heterocycles. The number of nitrogens with zero attached hydrogens (tertiary/aromatic N) is 4. The molecule has 2 aromatic rings. The van der Waals surface area contributed by atoms with Crippen molar-refractivity contribution in [2.45, 2.75) is 65.0 Å². The maximum absolute atomic E-state index is 12.9. The molecule has 1 aliphatic heterocycles.